The second kappa shape index (κ2) is 5.43. The molecule has 0 bridgehead atoms. The maximum atomic E-state index is 8.59. The fourth-order valence-electron chi connectivity index (χ4n) is 1.20. The van der Waals surface area contributed by atoms with Gasteiger partial charge in [0.1, 0.15) is 6.61 Å². The lowest BCUT2D eigenvalue weighted by Crippen LogP contribution is -1.90. The van der Waals surface area contributed by atoms with E-state index in [4.69, 9.17) is 9.84 Å². The van der Waals surface area contributed by atoms with Crippen LogP contribution in [0, 0.1) is 18.8 Å². The normalized spacial score (nSPS) is 9.36. The summed E-state index contributed by atoms with van der Waals surface area (Å²) in [7, 11) is 1.67. The van der Waals surface area contributed by atoms with E-state index >= 15 is 0 Å². The van der Waals surface area contributed by atoms with E-state index < -0.39 is 0 Å². The van der Waals surface area contributed by atoms with Gasteiger partial charge >= 0.3 is 0 Å². The average Bonchev–Trinajstić information content (AvgIpc) is 2.19. The summed E-state index contributed by atoms with van der Waals surface area (Å²) < 4.78 is 5.03. The largest absolute Gasteiger partial charge is 0.384 e. The third-order valence-electron chi connectivity index (χ3n) is 1.92. The van der Waals surface area contributed by atoms with E-state index in [1.54, 1.807) is 7.11 Å². The van der Waals surface area contributed by atoms with Gasteiger partial charge in [-0.2, -0.15) is 0 Å². The van der Waals surface area contributed by atoms with Crippen LogP contribution < -0.4 is 0 Å². The number of aliphatic hydroxyl groups excluding tert-OH is 1. The molecule has 74 valence electrons. The van der Waals surface area contributed by atoms with Gasteiger partial charge < -0.3 is 9.84 Å². The highest BCUT2D eigenvalue weighted by molar-refractivity contribution is 5.43. The molecule has 0 aromatic heterocycles. The van der Waals surface area contributed by atoms with Gasteiger partial charge in [0, 0.05) is 12.7 Å². The van der Waals surface area contributed by atoms with Crippen LogP contribution in [0.15, 0.2) is 18.2 Å². The van der Waals surface area contributed by atoms with Crippen molar-refractivity contribution >= 4 is 0 Å². The first kappa shape index (κ1) is 10.8. The molecule has 1 rings (SSSR count). The van der Waals surface area contributed by atoms with E-state index in [2.05, 4.69) is 11.8 Å². The number of methoxy groups -OCH3 is 1. The second-order valence-electron chi connectivity index (χ2n) is 3.04. The first-order valence-electron chi connectivity index (χ1n) is 4.46. The fourth-order valence-corrected chi connectivity index (χ4v) is 1.20. The Kier molecular flexibility index (Phi) is 4.18. The van der Waals surface area contributed by atoms with Gasteiger partial charge in [-0.25, -0.2) is 0 Å². The predicted molar refractivity (Wildman–Crippen MR) is 55.9 cm³/mol. The topological polar surface area (TPSA) is 29.5 Å². The van der Waals surface area contributed by atoms with E-state index in [1.165, 1.54) is 0 Å². The molecule has 0 aliphatic carbocycles. The molecule has 14 heavy (non-hydrogen) atoms. The van der Waals surface area contributed by atoms with Gasteiger partial charge in [-0.05, 0) is 24.1 Å². The molecule has 2 nitrogen and oxygen atoms in total. The maximum Gasteiger partial charge on any atom is 0.104 e. The standard InChI is InChI=1S/C12H14O2/c1-10-5-6-11(9-14-2)8-12(10)4-3-7-13/h5-6,8,13H,7,9H2,1-2H3. The predicted octanol–water partition coefficient (Wildman–Crippen LogP) is 1.49. The minimum atomic E-state index is -0.103. The van der Waals surface area contributed by atoms with Gasteiger partial charge in [-0.1, -0.05) is 24.0 Å². The zero-order chi connectivity index (χ0) is 10.4. The zero-order valence-electron chi connectivity index (χ0n) is 8.50. The number of ether oxygens (including phenoxy) is 1. The van der Waals surface area contributed by atoms with Crippen LogP contribution in [0.5, 0.6) is 0 Å². The number of benzene rings is 1. The maximum absolute atomic E-state index is 8.59. The van der Waals surface area contributed by atoms with Crippen molar-refractivity contribution in [2.45, 2.75) is 13.5 Å². The molecule has 0 radical (unpaired) electrons. The van der Waals surface area contributed by atoms with E-state index in [0.29, 0.717) is 6.61 Å². The molecule has 0 heterocycles. The van der Waals surface area contributed by atoms with Crippen LogP contribution in [0.1, 0.15) is 16.7 Å². The van der Waals surface area contributed by atoms with Crippen LogP contribution in [-0.4, -0.2) is 18.8 Å². The van der Waals surface area contributed by atoms with E-state index in [-0.39, 0.29) is 6.61 Å². The molecule has 0 fully saturated rings. The first-order valence-corrected chi connectivity index (χ1v) is 4.46. The summed E-state index contributed by atoms with van der Waals surface area (Å²) in [5, 5.41) is 8.59. The molecule has 0 saturated heterocycles. The summed E-state index contributed by atoms with van der Waals surface area (Å²) in [6, 6.07) is 6.01. The van der Waals surface area contributed by atoms with Crippen LogP contribution >= 0.6 is 0 Å². The van der Waals surface area contributed by atoms with Crippen molar-refractivity contribution in [2.24, 2.45) is 0 Å². The lowest BCUT2D eigenvalue weighted by Gasteiger charge is -2.02. The summed E-state index contributed by atoms with van der Waals surface area (Å²) in [6.07, 6.45) is 0. The zero-order valence-corrected chi connectivity index (χ0v) is 8.50. The number of hydrogen-bond acceptors (Lipinski definition) is 2. The van der Waals surface area contributed by atoms with Crippen LogP contribution in [0.4, 0.5) is 0 Å². The molecule has 0 amide bonds. The second-order valence-corrected chi connectivity index (χ2v) is 3.04. The lowest BCUT2D eigenvalue weighted by molar-refractivity contribution is 0.185. The molecule has 1 aromatic rings. The molecule has 0 unspecified atom stereocenters. The Bertz CT molecular complexity index is 358. The summed E-state index contributed by atoms with van der Waals surface area (Å²) in [5.41, 5.74) is 3.17. The van der Waals surface area contributed by atoms with Crippen molar-refractivity contribution in [2.75, 3.05) is 13.7 Å². The Hall–Kier alpha value is -1.30. The van der Waals surface area contributed by atoms with Crippen molar-refractivity contribution in [3.63, 3.8) is 0 Å². The van der Waals surface area contributed by atoms with E-state index in [0.717, 1.165) is 16.7 Å². The Balaban J connectivity index is 2.96. The molecular weight excluding hydrogens is 176 g/mol. The van der Waals surface area contributed by atoms with Gasteiger partial charge in [0.2, 0.25) is 0 Å². The molecule has 0 spiro atoms. The van der Waals surface area contributed by atoms with Gasteiger partial charge in [0.25, 0.3) is 0 Å². The quantitative estimate of drug-likeness (QED) is 0.716. The minimum absolute atomic E-state index is 0.103. The minimum Gasteiger partial charge on any atom is -0.384 e. The lowest BCUT2D eigenvalue weighted by atomic mass is 10.1. The molecule has 1 aromatic carbocycles. The Morgan fingerprint density at radius 2 is 2.21 bits per heavy atom. The number of hydrogen-bond donors (Lipinski definition) is 1. The Morgan fingerprint density at radius 3 is 2.86 bits per heavy atom. The molecule has 0 saturated carbocycles. The summed E-state index contributed by atoms with van der Waals surface area (Å²) >= 11 is 0. The van der Waals surface area contributed by atoms with Crippen LogP contribution in [0.3, 0.4) is 0 Å². The first-order chi connectivity index (χ1) is 6.77. The van der Waals surface area contributed by atoms with Crippen LogP contribution in [0.2, 0.25) is 0 Å². The SMILES string of the molecule is COCc1ccc(C)c(C#CCO)c1. The number of aliphatic hydroxyl groups is 1. The fraction of sp³-hybridized carbons (Fsp3) is 0.333. The van der Waals surface area contributed by atoms with Crippen molar-refractivity contribution in [3.05, 3.63) is 34.9 Å². The summed E-state index contributed by atoms with van der Waals surface area (Å²) in [4.78, 5) is 0. The highest BCUT2D eigenvalue weighted by Crippen LogP contribution is 2.10. The Labute approximate surface area is 84.5 Å². The molecular formula is C12H14O2. The summed E-state index contributed by atoms with van der Waals surface area (Å²) in [5.74, 6) is 5.55. The van der Waals surface area contributed by atoms with Crippen molar-refractivity contribution in [1.29, 1.82) is 0 Å². The van der Waals surface area contributed by atoms with Crippen molar-refractivity contribution < 1.29 is 9.84 Å². The van der Waals surface area contributed by atoms with Gasteiger partial charge in [-0.15, -0.1) is 0 Å². The van der Waals surface area contributed by atoms with Crippen molar-refractivity contribution in [1.82, 2.24) is 0 Å². The van der Waals surface area contributed by atoms with E-state index in [1.807, 2.05) is 25.1 Å². The molecule has 0 aliphatic heterocycles. The van der Waals surface area contributed by atoms with E-state index in [9.17, 15) is 0 Å². The highest BCUT2D eigenvalue weighted by atomic mass is 16.5. The molecule has 1 N–H and O–H groups in total. The Morgan fingerprint density at radius 1 is 1.43 bits per heavy atom. The number of aryl methyl sites for hydroxylation is 1. The third kappa shape index (κ3) is 2.88. The molecule has 0 atom stereocenters. The molecule has 2 heteroatoms. The highest BCUT2D eigenvalue weighted by Gasteiger charge is 1.97. The smallest absolute Gasteiger partial charge is 0.104 e. The van der Waals surface area contributed by atoms with Gasteiger partial charge in [0.05, 0.1) is 6.61 Å². The van der Waals surface area contributed by atoms with Gasteiger partial charge in [-0.3, -0.25) is 0 Å². The number of rotatable bonds is 2. The van der Waals surface area contributed by atoms with Crippen LogP contribution in [0.25, 0.3) is 0 Å². The average molecular weight is 190 g/mol. The molecule has 0 aliphatic rings. The van der Waals surface area contributed by atoms with Crippen LogP contribution in [-0.2, 0) is 11.3 Å². The van der Waals surface area contributed by atoms with Gasteiger partial charge in [0.15, 0.2) is 0 Å². The third-order valence-corrected chi connectivity index (χ3v) is 1.92. The summed E-state index contributed by atoms with van der Waals surface area (Å²) in [6.45, 7) is 2.49. The van der Waals surface area contributed by atoms with Crippen molar-refractivity contribution in [3.8, 4) is 11.8 Å². The monoisotopic (exact) mass is 190 g/mol.